The number of carboxylic acid groups (broad SMARTS) is 1. The predicted octanol–water partition coefficient (Wildman–Crippen LogP) is 3.45. The minimum atomic E-state index is -0.774. The molecule has 0 heterocycles. The van der Waals surface area contributed by atoms with Crippen LogP contribution in [0.25, 0.3) is 0 Å². The summed E-state index contributed by atoms with van der Waals surface area (Å²) in [6.45, 7) is 2.48. The Balaban J connectivity index is 2.20. The maximum absolute atomic E-state index is 11.7. The molecule has 0 aliphatic carbocycles. The molecule has 5 nitrogen and oxygen atoms in total. The highest BCUT2D eigenvalue weighted by Gasteiger charge is 2.09. The second-order valence-corrected chi connectivity index (χ2v) is 5.80. The largest absolute Gasteiger partial charge is 0.481 e. The van der Waals surface area contributed by atoms with Crippen molar-refractivity contribution in [2.45, 2.75) is 38.6 Å². The predicted molar refractivity (Wildman–Crippen MR) is 85.2 cm³/mol. The summed E-state index contributed by atoms with van der Waals surface area (Å²) in [6.07, 6.45) is 2.42. The van der Waals surface area contributed by atoms with Crippen molar-refractivity contribution < 1.29 is 14.7 Å². The number of carboxylic acids is 1. The van der Waals surface area contributed by atoms with Crippen molar-refractivity contribution in [1.29, 1.82) is 0 Å². The Morgan fingerprint density at radius 2 is 2.05 bits per heavy atom. The van der Waals surface area contributed by atoms with E-state index in [9.17, 15) is 9.59 Å². The molecule has 6 heteroatoms. The van der Waals surface area contributed by atoms with E-state index < -0.39 is 5.97 Å². The van der Waals surface area contributed by atoms with Crippen LogP contribution in [0.4, 0.5) is 4.79 Å². The number of halogens is 1. The normalized spacial score (nSPS) is 11.7. The summed E-state index contributed by atoms with van der Waals surface area (Å²) in [7, 11) is 0. The van der Waals surface area contributed by atoms with Gasteiger partial charge in [0.2, 0.25) is 0 Å². The lowest BCUT2D eigenvalue weighted by Gasteiger charge is -2.15. The molecule has 1 aromatic rings. The molecule has 1 rings (SSSR count). The van der Waals surface area contributed by atoms with Crippen molar-refractivity contribution in [2.75, 3.05) is 6.54 Å². The molecule has 1 aromatic carbocycles. The first-order chi connectivity index (χ1) is 9.99. The molecule has 0 spiro atoms. The highest BCUT2D eigenvalue weighted by molar-refractivity contribution is 9.10. The van der Waals surface area contributed by atoms with Crippen LogP contribution in [0.2, 0.25) is 0 Å². The number of hydrogen-bond donors (Lipinski definition) is 3. The zero-order valence-electron chi connectivity index (χ0n) is 12.1. The number of aliphatic carboxylic acids is 1. The molecule has 0 aliphatic rings. The van der Waals surface area contributed by atoms with Crippen LogP contribution < -0.4 is 10.6 Å². The standard InChI is InChI=1S/C15H21BrN2O3/c1-11(12-6-5-7-13(16)10-12)18-15(21)17-9-4-2-3-8-14(19)20/h5-7,10-11H,2-4,8-9H2,1H3,(H,19,20)(H2,17,18,21). The van der Waals surface area contributed by atoms with Gasteiger partial charge in [-0.3, -0.25) is 4.79 Å². The van der Waals surface area contributed by atoms with E-state index in [-0.39, 0.29) is 18.5 Å². The lowest BCUT2D eigenvalue weighted by atomic mass is 10.1. The molecule has 2 amide bonds. The van der Waals surface area contributed by atoms with Crippen LogP contribution in [-0.4, -0.2) is 23.7 Å². The van der Waals surface area contributed by atoms with Gasteiger partial charge in [0, 0.05) is 17.4 Å². The Morgan fingerprint density at radius 1 is 1.29 bits per heavy atom. The molecule has 1 atom stereocenters. The first-order valence-corrected chi connectivity index (χ1v) is 7.80. The van der Waals surface area contributed by atoms with Crippen LogP contribution in [-0.2, 0) is 4.79 Å². The third-order valence-corrected chi connectivity index (χ3v) is 3.54. The summed E-state index contributed by atoms with van der Waals surface area (Å²) in [5, 5.41) is 14.1. The van der Waals surface area contributed by atoms with Gasteiger partial charge in [0.1, 0.15) is 0 Å². The molecule has 0 saturated heterocycles. The van der Waals surface area contributed by atoms with Crippen LogP contribution in [0.15, 0.2) is 28.7 Å². The molecular weight excluding hydrogens is 336 g/mol. The van der Waals surface area contributed by atoms with Gasteiger partial charge in [0.25, 0.3) is 0 Å². The van der Waals surface area contributed by atoms with Gasteiger partial charge in [-0.05, 0) is 37.5 Å². The van der Waals surface area contributed by atoms with Gasteiger partial charge in [-0.1, -0.05) is 34.5 Å². The fourth-order valence-electron chi connectivity index (χ4n) is 1.89. The molecule has 3 N–H and O–H groups in total. The second-order valence-electron chi connectivity index (χ2n) is 4.88. The molecule has 0 saturated carbocycles. The molecule has 21 heavy (non-hydrogen) atoms. The number of amides is 2. The average Bonchev–Trinajstić information content (AvgIpc) is 2.42. The SMILES string of the molecule is CC(NC(=O)NCCCCCC(=O)O)c1cccc(Br)c1. The van der Waals surface area contributed by atoms with Gasteiger partial charge in [0.15, 0.2) is 0 Å². The number of unbranched alkanes of at least 4 members (excludes halogenated alkanes) is 2. The number of carbonyl (C=O) groups is 2. The van der Waals surface area contributed by atoms with E-state index >= 15 is 0 Å². The fourth-order valence-corrected chi connectivity index (χ4v) is 2.30. The van der Waals surface area contributed by atoms with Gasteiger partial charge in [-0.2, -0.15) is 0 Å². The molecule has 1 unspecified atom stereocenters. The number of carbonyl (C=O) groups excluding carboxylic acids is 1. The summed E-state index contributed by atoms with van der Waals surface area (Å²) >= 11 is 3.40. The summed E-state index contributed by atoms with van der Waals surface area (Å²) in [5.41, 5.74) is 1.03. The maximum atomic E-state index is 11.7. The number of nitrogens with one attached hydrogen (secondary N) is 2. The van der Waals surface area contributed by atoms with Crippen molar-refractivity contribution in [3.8, 4) is 0 Å². The average molecular weight is 357 g/mol. The minimum Gasteiger partial charge on any atom is -0.481 e. The van der Waals surface area contributed by atoms with E-state index in [0.29, 0.717) is 13.0 Å². The quantitative estimate of drug-likeness (QED) is 0.624. The van der Waals surface area contributed by atoms with Crippen LogP contribution in [0.5, 0.6) is 0 Å². The van der Waals surface area contributed by atoms with Crippen molar-refractivity contribution in [1.82, 2.24) is 10.6 Å². The smallest absolute Gasteiger partial charge is 0.315 e. The van der Waals surface area contributed by atoms with Crippen LogP contribution in [0, 0.1) is 0 Å². The number of rotatable bonds is 8. The molecular formula is C15H21BrN2O3. The topological polar surface area (TPSA) is 78.4 Å². The Kier molecular flexibility index (Phi) is 7.82. The first kappa shape index (κ1) is 17.5. The van der Waals surface area contributed by atoms with Gasteiger partial charge in [-0.15, -0.1) is 0 Å². The van der Waals surface area contributed by atoms with Gasteiger partial charge in [-0.25, -0.2) is 4.79 Å². The minimum absolute atomic E-state index is 0.0745. The molecule has 0 aliphatic heterocycles. The van der Waals surface area contributed by atoms with E-state index in [1.165, 1.54) is 0 Å². The number of urea groups is 1. The van der Waals surface area contributed by atoms with Crippen molar-refractivity contribution in [3.63, 3.8) is 0 Å². The molecule has 0 aromatic heterocycles. The zero-order chi connectivity index (χ0) is 15.7. The Labute approximate surface area is 133 Å². The Morgan fingerprint density at radius 3 is 2.71 bits per heavy atom. The highest BCUT2D eigenvalue weighted by atomic mass is 79.9. The number of hydrogen-bond acceptors (Lipinski definition) is 2. The molecule has 0 fully saturated rings. The summed E-state index contributed by atoms with van der Waals surface area (Å²) in [4.78, 5) is 22.1. The van der Waals surface area contributed by atoms with Crippen molar-refractivity contribution in [3.05, 3.63) is 34.3 Å². The third kappa shape index (κ3) is 7.70. The van der Waals surface area contributed by atoms with E-state index in [4.69, 9.17) is 5.11 Å². The van der Waals surface area contributed by atoms with Crippen molar-refractivity contribution >= 4 is 27.9 Å². The number of benzene rings is 1. The van der Waals surface area contributed by atoms with Gasteiger partial charge < -0.3 is 15.7 Å². The maximum Gasteiger partial charge on any atom is 0.315 e. The summed E-state index contributed by atoms with van der Waals surface area (Å²) in [5.74, 6) is -0.774. The van der Waals surface area contributed by atoms with Crippen LogP contribution in [0.1, 0.15) is 44.2 Å². The fraction of sp³-hybridized carbons (Fsp3) is 0.467. The zero-order valence-corrected chi connectivity index (χ0v) is 13.6. The molecule has 0 radical (unpaired) electrons. The first-order valence-electron chi connectivity index (χ1n) is 7.00. The van der Waals surface area contributed by atoms with Crippen molar-refractivity contribution in [2.24, 2.45) is 0 Å². The van der Waals surface area contributed by atoms with Gasteiger partial charge in [0.05, 0.1) is 6.04 Å². The third-order valence-electron chi connectivity index (χ3n) is 3.05. The monoisotopic (exact) mass is 356 g/mol. The second kappa shape index (κ2) is 9.39. The Bertz CT molecular complexity index is 480. The summed E-state index contributed by atoms with van der Waals surface area (Å²) in [6, 6.07) is 7.51. The van der Waals surface area contributed by atoms with Gasteiger partial charge >= 0.3 is 12.0 Å². The molecule has 116 valence electrons. The van der Waals surface area contributed by atoms with E-state index in [1.54, 1.807) is 0 Å². The van der Waals surface area contributed by atoms with E-state index in [1.807, 2.05) is 31.2 Å². The summed E-state index contributed by atoms with van der Waals surface area (Å²) < 4.78 is 0.979. The lowest BCUT2D eigenvalue weighted by molar-refractivity contribution is -0.137. The van der Waals surface area contributed by atoms with Crippen LogP contribution in [0.3, 0.4) is 0 Å². The molecule has 0 bridgehead atoms. The Hall–Kier alpha value is -1.56. The lowest BCUT2D eigenvalue weighted by Crippen LogP contribution is -2.37. The van der Waals surface area contributed by atoms with E-state index in [2.05, 4.69) is 26.6 Å². The van der Waals surface area contributed by atoms with E-state index in [0.717, 1.165) is 22.9 Å². The van der Waals surface area contributed by atoms with Crippen LogP contribution >= 0.6 is 15.9 Å². The highest BCUT2D eigenvalue weighted by Crippen LogP contribution is 2.17.